The fourth-order valence-corrected chi connectivity index (χ4v) is 4.62. The molecule has 0 spiro atoms. The lowest BCUT2D eigenvalue weighted by atomic mass is 10.1. The van der Waals surface area contributed by atoms with E-state index < -0.39 is 11.6 Å². The number of ether oxygens (including phenoxy) is 3. The zero-order valence-electron chi connectivity index (χ0n) is 21.9. The molecule has 39 heavy (non-hydrogen) atoms. The number of hydrogen-bond donors (Lipinski definition) is 3. The Balaban J connectivity index is 1.56. The van der Waals surface area contributed by atoms with Gasteiger partial charge in [-0.2, -0.15) is 0 Å². The predicted octanol–water partition coefficient (Wildman–Crippen LogP) is 3.68. The summed E-state index contributed by atoms with van der Waals surface area (Å²) >= 11 is 0. The Hall–Kier alpha value is -4.06. The number of fused-ring (bicyclic) bond motifs is 1. The van der Waals surface area contributed by atoms with Gasteiger partial charge in [0, 0.05) is 23.7 Å². The summed E-state index contributed by atoms with van der Waals surface area (Å²) in [5.74, 6) is -1.28. The van der Waals surface area contributed by atoms with E-state index in [-0.39, 0.29) is 46.8 Å². The lowest BCUT2D eigenvalue weighted by molar-refractivity contribution is -0.117. The van der Waals surface area contributed by atoms with Crippen LogP contribution >= 0.6 is 0 Å². The number of halogens is 2. The SMILES string of the molecule is C=CC(=O)N[C@H]1COC[C@H]1Nc1ncc2cc(-c3c(F)c(OC)cc(OC)c3F)nc(N[C@H](C)C3CC3)c2n1. The molecule has 1 aliphatic carbocycles. The van der Waals surface area contributed by atoms with Crippen LogP contribution in [0.5, 0.6) is 11.5 Å². The van der Waals surface area contributed by atoms with Crippen LogP contribution in [0.2, 0.25) is 0 Å². The van der Waals surface area contributed by atoms with Crippen LogP contribution in [0.1, 0.15) is 19.8 Å². The molecule has 2 aliphatic rings. The summed E-state index contributed by atoms with van der Waals surface area (Å²) in [7, 11) is 2.59. The normalized spacial score (nSPS) is 19.4. The Labute approximate surface area is 224 Å². The number of methoxy groups -OCH3 is 2. The van der Waals surface area contributed by atoms with Gasteiger partial charge in [0.25, 0.3) is 0 Å². The molecule has 206 valence electrons. The van der Waals surface area contributed by atoms with Gasteiger partial charge >= 0.3 is 0 Å². The summed E-state index contributed by atoms with van der Waals surface area (Å²) in [5.41, 5.74) is 0.146. The third kappa shape index (κ3) is 5.42. The minimum Gasteiger partial charge on any atom is -0.494 e. The third-order valence-corrected chi connectivity index (χ3v) is 7.00. The highest BCUT2D eigenvalue weighted by atomic mass is 19.1. The molecule has 2 aromatic heterocycles. The van der Waals surface area contributed by atoms with Crippen molar-refractivity contribution in [3.8, 4) is 22.8 Å². The number of aromatic nitrogens is 3. The Kier molecular flexibility index (Phi) is 7.47. The number of pyridine rings is 1. The number of anilines is 2. The molecule has 1 aromatic carbocycles. The zero-order valence-corrected chi connectivity index (χ0v) is 21.9. The quantitative estimate of drug-likeness (QED) is 0.331. The van der Waals surface area contributed by atoms with Gasteiger partial charge in [-0.15, -0.1) is 0 Å². The fraction of sp³-hybridized carbons (Fsp3) is 0.407. The fourth-order valence-electron chi connectivity index (χ4n) is 4.62. The van der Waals surface area contributed by atoms with Crippen LogP contribution < -0.4 is 25.4 Å². The molecule has 3 heterocycles. The van der Waals surface area contributed by atoms with Crippen molar-refractivity contribution in [2.45, 2.75) is 37.9 Å². The monoisotopic (exact) mass is 540 g/mol. The first-order chi connectivity index (χ1) is 18.8. The van der Waals surface area contributed by atoms with Gasteiger partial charge in [0.15, 0.2) is 29.0 Å². The summed E-state index contributed by atoms with van der Waals surface area (Å²) < 4.78 is 46.4. The number of hydrogen-bond acceptors (Lipinski definition) is 9. The highest BCUT2D eigenvalue weighted by Crippen LogP contribution is 2.39. The van der Waals surface area contributed by atoms with Crippen LogP contribution in [-0.4, -0.2) is 66.4 Å². The summed E-state index contributed by atoms with van der Waals surface area (Å²) in [6, 6.07) is 2.18. The van der Waals surface area contributed by atoms with E-state index in [9.17, 15) is 4.79 Å². The molecule has 3 atom stereocenters. The number of nitrogens with zero attached hydrogens (tertiary/aromatic N) is 3. The summed E-state index contributed by atoms with van der Waals surface area (Å²) in [6.07, 6.45) is 4.93. The standard InChI is InChI=1S/C27H30F2N6O4/c1-5-21(36)32-17-11-39-12-18(17)34-27-30-10-15-8-16(22-23(28)19(37-3)9-20(38-4)24(22)29)33-26(25(15)35-27)31-13(2)14-6-7-14/h5,8-10,13-14,17-18H,1,6-7,11-12H2,2-4H3,(H,31,33)(H,32,36)(H,30,34,35)/t13-,17+,18-/m1/s1. The Morgan fingerprint density at radius 3 is 2.46 bits per heavy atom. The average molecular weight is 541 g/mol. The van der Waals surface area contributed by atoms with E-state index in [1.165, 1.54) is 26.4 Å². The Bertz CT molecular complexity index is 1390. The van der Waals surface area contributed by atoms with Crippen molar-refractivity contribution < 1.29 is 27.8 Å². The van der Waals surface area contributed by atoms with Crippen molar-refractivity contribution in [2.24, 2.45) is 5.92 Å². The molecule has 1 saturated carbocycles. The smallest absolute Gasteiger partial charge is 0.243 e. The molecular weight excluding hydrogens is 510 g/mol. The zero-order chi connectivity index (χ0) is 27.7. The van der Waals surface area contributed by atoms with Gasteiger partial charge in [0.2, 0.25) is 11.9 Å². The highest BCUT2D eigenvalue weighted by molar-refractivity contribution is 5.92. The first-order valence-corrected chi connectivity index (χ1v) is 12.6. The number of benzene rings is 1. The lowest BCUT2D eigenvalue weighted by Crippen LogP contribution is -2.45. The van der Waals surface area contributed by atoms with Crippen molar-refractivity contribution >= 4 is 28.6 Å². The van der Waals surface area contributed by atoms with Crippen LogP contribution in [0.25, 0.3) is 22.2 Å². The maximum absolute atomic E-state index is 15.3. The highest BCUT2D eigenvalue weighted by Gasteiger charge is 2.31. The molecule has 1 aliphatic heterocycles. The molecular formula is C27H30F2N6O4. The van der Waals surface area contributed by atoms with Gasteiger partial charge in [0.05, 0.1) is 50.8 Å². The van der Waals surface area contributed by atoms with Gasteiger partial charge in [-0.05, 0) is 37.8 Å². The van der Waals surface area contributed by atoms with E-state index in [4.69, 9.17) is 14.2 Å². The second-order valence-electron chi connectivity index (χ2n) is 9.65. The van der Waals surface area contributed by atoms with Gasteiger partial charge < -0.3 is 30.2 Å². The van der Waals surface area contributed by atoms with Crippen LogP contribution in [0.4, 0.5) is 20.5 Å². The van der Waals surface area contributed by atoms with E-state index in [2.05, 4.69) is 37.5 Å². The largest absolute Gasteiger partial charge is 0.494 e. The van der Waals surface area contributed by atoms with Crippen LogP contribution in [-0.2, 0) is 9.53 Å². The van der Waals surface area contributed by atoms with E-state index >= 15 is 8.78 Å². The first kappa shape index (κ1) is 26.5. The van der Waals surface area contributed by atoms with Crippen LogP contribution in [0.3, 0.4) is 0 Å². The molecule has 0 unspecified atom stereocenters. The molecule has 3 aromatic rings. The van der Waals surface area contributed by atoms with E-state index in [0.29, 0.717) is 41.8 Å². The maximum atomic E-state index is 15.3. The number of carbonyl (C=O) groups excluding carboxylic acids is 1. The summed E-state index contributed by atoms with van der Waals surface area (Å²) in [6.45, 7) is 6.20. The van der Waals surface area contributed by atoms with Crippen LogP contribution in [0.15, 0.2) is 31.0 Å². The topological polar surface area (TPSA) is 120 Å². The number of rotatable bonds is 10. The summed E-state index contributed by atoms with van der Waals surface area (Å²) in [5, 5.41) is 9.96. The molecule has 5 rings (SSSR count). The lowest BCUT2D eigenvalue weighted by Gasteiger charge is -2.20. The van der Waals surface area contributed by atoms with Gasteiger partial charge in [0.1, 0.15) is 5.52 Å². The molecule has 1 saturated heterocycles. The van der Waals surface area contributed by atoms with Crippen molar-refractivity contribution in [3.63, 3.8) is 0 Å². The van der Waals surface area contributed by atoms with Gasteiger partial charge in [-0.3, -0.25) is 4.79 Å². The van der Waals surface area contributed by atoms with Crippen molar-refractivity contribution in [1.82, 2.24) is 20.3 Å². The van der Waals surface area contributed by atoms with E-state index in [1.807, 2.05) is 6.92 Å². The maximum Gasteiger partial charge on any atom is 0.243 e. The van der Waals surface area contributed by atoms with Crippen molar-refractivity contribution in [3.05, 3.63) is 42.6 Å². The minimum atomic E-state index is -0.892. The van der Waals surface area contributed by atoms with E-state index in [0.717, 1.165) is 18.9 Å². The number of amides is 1. The predicted molar refractivity (Wildman–Crippen MR) is 142 cm³/mol. The van der Waals surface area contributed by atoms with Crippen molar-refractivity contribution in [2.75, 3.05) is 38.1 Å². The molecule has 12 heteroatoms. The average Bonchev–Trinajstić information content (AvgIpc) is 3.70. The molecule has 10 nitrogen and oxygen atoms in total. The molecule has 1 amide bonds. The van der Waals surface area contributed by atoms with Gasteiger partial charge in [-0.25, -0.2) is 23.7 Å². The number of carbonyl (C=O) groups is 1. The third-order valence-electron chi connectivity index (χ3n) is 7.00. The van der Waals surface area contributed by atoms with Crippen LogP contribution in [0, 0.1) is 17.6 Å². The van der Waals surface area contributed by atoms with Gasteiger partial charge in [-0.1, -0.05) is 6.58 Å². The molecule has 0 bridgehead atoms. The van der Waals surface area contributed by atoms with Crippen molar-refractivity contribution in [1.29, 1.82) is 0 Å². The second kappa shape index (κ2) is 11.0. The number of nitrogens with one attached hydrogen (secondary N) is 3. The molecule has 2 fully saturated rings. The Morgan fingerprint density at radius 2 is 1.82 bits per heavy atom. The molecule has 0 radical (unpaired) electrons. The Morgan fingerprint density at radius 1 is 1.13 bits per heavy atom. The molecule has 3 N–H and O–H groups in total. The first-order valence-electron chi connectivity index (χ1n) is 12.6. The second-order valence-corrected chi connectivity index (χ2v) is 9.65. The summed E-state index contributed by atoms with van der Waals surface area (Å²) in [4.78, 5) is 25.5. The minimum absolute atomic E-state index is 0.0425. The van der Waals surface area contributed by atoms with E-state index in [1.54, 1.807) is 6.20 Å².